The Kier molecular flexibility index (Phi) is 4.12. The molecule has 21 heavy (non-hydrogen) atoms. The number of hydrogen-bond acceptors (Lipinski definition) is 6. The highest BCUT2D eigenvalue weighted by Gasteiger charge is 2.20. The number of hydrogen-bond donors (Lipinski definition) is 2. The fourth-order valence-corrected chi connectivity index (χ4v) is 1.75. The standard InChI is InChI=1S/C12H13N5O4/c1-8-5-15-16(7-8)3-2-13-11-4-9(12(18)19)10(6-14-11)17(20)21/h4-7H,2-3H2,1H3,(H,13,14)(H,18,19). The minimum absolute atomic E-state index is 0.266. The zero-order chi connectivity index (χ0) is 15.4. The lowest BCUT2D eigenvalue weighted by Gasteiger charge is -2.06. The Bertz CT molecular complexity index is 682. The van der Waals surface area contributed by atoms with E-state index in [0.717, 1.165) is 17.8 Å². The number of rotatable bonds is 6. The number of nitro groups is 1. The third kappa shape index (κ3) is 3.53. The van der Waals surface area contributed by atoms with Crippen LogP contribution in [0.25, 0.3) is 0 Å². The van der Waals surface area contributed by atoms with Gasteiger partial charge in [-0.05, 0) is 12.5 Å². The number of aromatic carboxylic acids is 1. The Morgan fingerprint density at radius 2 is 2.29 bits per heavy atom. The number of nitrogens with zero attached hydrogens (tertiary/aromatic N) is 4. The third-order valence-electron chi connectivity index (χ3n) is 2.72. The van der Waals surface area contributed by atoms with E-state index >= 15 is 0 Å². The summed E-state index contributed by atoms with van der Waals surface area (Å²) in [6.45, 7) is 2.95. The van der Waals surface area contributed by atoms with Gasteiger partial charge in [0.2, 0.25) is 0 Å². The molecule has 2 heterocycles. The summed E-state index contributed by atoms with van der Waals surface area (Å²) in [4.78, 5) is 24.8. The van der Waals surface area contributed by atoms with Crippen LogP contribution in [0.15, 0.2) is 24.7 Å². The van der Waals surface area contributed by atoms with Crippen LogP contribution in [0.2, 0.25) is 0 Å². The first-order valence-electron chi connectivity index (χ1n) is 6.08. The molecule has 110 valence electrons. The zero-order valence-corrected chi connectivity index (χ0v) is 11.2. The molecule has 0 aliphatic heterocycles. The molecule has 0 atom stereocenters. The van der Waals surface area contributed by atoms with Gasteiger partial charge in [-0.1, -0.05) is 0 Å². The number of aromatic nitrogens is 3. The van der Waals surface area contributed by atoms with Gasteiger partial charge in [0.05, 0.1) is 17.7 Å². The topological polar surface area (TPSA) is 123 Å². The van der Waals surface area contributed by atoms with Gasteiger partial charge in [0.25, 0.3) is 0 Å². The summed E-state index contributed by atoms with van der Waals surface area (Å²) in [6.07, 6.45) is 4.53. The molecule has 2 aromatic heterocycles. The molecular formula is C12H13N5O4. The molecular weight excluding hydrogens is 278 g/mol. The Labute approximate surface area is 119 Å². The zero-order valence-electron chi connectivity index (χ0n) is 11.2. The van der Waals surface area contributed by atoms with Crippen LogP contribution >= 0.6 is 0 Å². The van der Waals surface area contributed by atoms with Gasteiger partial charge in [-0.3, -0.25) is 14.8 Å². The van der Waals surface area contributed by atoms with E-state index in [1.165, 1.54) is 0 Å². The van der Waals surface area contributed by atoms with E-state index in [2.05, 4.69) is 15.4 Å². The van der Waals surface area contributed by atoms with E-state index in [-0.39, 0.29) is 5.82 Å². The summed E-state index contributed by atoms with van der Waals surface area (Å²) in [5.74, 6) is -1.10. The second-order valence-corrected chi connectivity index (χ2v) is 4.36. The minimum atomic E-state index is -1.37. The van der Waals surface area contributed by atoms with Gasteiger partial charge in [-0.2, -0.15) is 5.10 Å². The van der Waals surface area contributed by atoms with Crippen molar-refractivity contribution in [2.75, 3.05) is 11.9 Å². The molecule has 2 N–H and O–H groups in total. The maximum atomic E-state index is 11.0. The number of anilines is 1. The van der Waals surface area contributed by atoms with E-state index in [1.807, 2.05) is 13.1 Å². The Morgan fingerprint density at radius 3 is 2.86 bits per heavy atom. The third-order valence-corrected chi connectivity index (χ3v) is 2.72. The van der Waals surface area contributed by atoms with Crippen LogP contribution in [0.5, 0.6) is 0 Å². The van der Waals surface area contributed by atoms with E-state index in [1.54, 1.807) is 10.9 Å². The average molecular weight is 291 g/mol. The van der Waals surface area contributed by atoms with Crippen molar-refractivity contribution < 1.29 is 14.8 Å². The number of nitrogens with one attached hydrogen (secondary N) is 1. The Balaban J connectivity index is 2.05. The lowest BCUT2D eigenvalue weighted by Crippen LogP contribution is -2.13. The van der Waals surface area contributed by atoms with Crippen molar-refractivity contribution in [2.45, 2.75) is 13.5 Å². The van der Waals surface area contributed by atoms with Crippen LogP contribution in [0.1, 0.15) is 15.9 Å². The smallest absolute Gasteiger partial charge is 0.342 e. The van der Waals surface area contributed by atoms with Gasteiger partial charge < -0.3 is 10.4 Å². The van der Waals surface area contributed by atoms with E-state index in [4.69, 9.17) is 5.11 Å². The number of pyridine rings is 1. The van der Waals surface area contributed by atoms with Crippen molar-refractivity contribution in [2.24, 2.45) is 0 Å². The Hall–Kier alpha value is -2.97. The molecule has 0 radical (unpaired) electrons. The van der Waals surface area contributed by atoms with Crippen LogP contribution in [-0.2, 0) is 6.54 Å². The van der Waals surface area contributed by atoms with E-state index in [9.17, 15) is 14.9 Å². The molecule has 2 rings (SSSR count). The first-order chi connectivity index (χ1) is 9.97. The van der Waals surface area contributed by atoms with Crippen LogP contribution < -0.4 is 5.32 Å². The molecule has 0 spiro atoms. The van der Waals surface area contributed by atoms with Gasteiger partial charge in [-0.25, -0.2) is 9.78 Å². The molecule has 0 saturated carbocycles. The second kappa shape index (κ2) is 5.99. The highest BCUT2D eigenvalue weighted by Crippen LogP contribution is 2.20. The fraction of sp³-hybridized carbons (Fsp3) is 0.250. The predicted octanol–water partition coefficient (Wildman–Crippen LogP) is 1.31. The summed E-state index contributed by atoms with van der Waals surface area (Å²) in [6, 6.07) is 1.15. The summed E-state index contributed by atoms with van der Waals surface area (Å²) < 4.78 is 1.73. The highest BCUT2D eigenvalue weighted by molar-refractivity contribution is 5.93. The molecule has 0 saturated heterocycles. The van der Waals surface area contributed by atoms with Crippen molar-refractivity contribution in [3.63, 3.8) is 0 Å². The largest absolute Gasteiger partial charge is 0.477 e. The summed E-state index contributed by atoms with van der Waals surface area (Å²) >= 11 is 0. The average Bonchev–Trinajstić information content (AvgIpc) is 2.84. The maximum absolute atomic E-state index is 11.0. The first-order valence-corrected chi connectivity index (χ1v) is 6.08. The molecule has 0 amide bonds. The van der Waals surface area contributed by atoms with Crippen LogP contribution in [-0.4, -0.2) is 37.3 Å². The normalized spacial score (nSPS) is 10.3. The van der Waals surface area contributed by atoms with Gasteiger partial charge in [-0.15, -0.1) is 0 Å². The fourth-order valence-electron chi connectivity index (χ4n) is 1.75. The Morgan fingerprint density at radius 1 is 1.52 bits per heavy atom. The van der Waals surface area contributed by atoms with Crippen LogP contribution in [0.3, 0.4) is 0 Å². The minimum Gasteiger partial charge on any atom is -0.477 e. The SMILES string of the molecule is Cc1cnn(CCNc2cc(C(=O)O)c([N+](=O)[O-])cn2)c1. The molecule has 0 aliphatic carbocycles. The lowest BCUT2D eigenvalue weighted by molar-refractivity contribution is -0.385. The number of carboxylic acid groups (broad SMARTS) is 1. The van der Waals surface area contributed by atoms with Gasteiger partial charge in [0.1, 0.15) is 17.6 Å². The molecule has 9 nitrogen and oxygen atoms in total. The van der Waals surface area contributed by atoms with Crippen molar-refractivity contribution in [3.8, 4) is 0 Å². The summed E-state index contributed by atoms with van der Waals surface area (Å²) in [5, 5.41) is 26.7. The summed E-state index contributed by atoms with van der Waals surface area (Å²) in [7, 11) is 0. The molecule has 0 aromatic carbocycles. The highest BCUT2D eigenvalue weighted by atomic mass is 16.6. The molecule has 0 fully saturated rings. The molecule has 9 heteroatoms. The van der Waals surface area contributed by atoms with Crippen molar-refractivity contribution >= 4 is 17.5 Å². The maximum Gasteiger partial charge on any atom is 0.342 e. The number of aryl methyl sites for hydroxylation is 1. The lowest BCUT2D eigenvalue weighted by atomic mass is 10.2. The van der Waals surface area contributed by atoms with Crippen molar-refractivity contribution in [1.82, 2.24) is 14.8 Å². The predicted molar refractivity (Wildman–Crippen MR) is 73.3 cm³/mol. The molecule has 0 bridgehead atoms. The van der Waals surface area contributed by atoms with Gasteiger partial charge in [0, 0.05) is 18.8 Å². The molecule has 0 unspecified atom stereocenters. The molecule has 0 aliphatic rings. The van der Waals surface area contributed by atoms with Crippen LogP contribution in [0, 0.1) is 17.0 Å². The number of carboxylic acids is 1. The van der Waals surface area contributed by atoms with Gasteiger partial charge in [0.15, 0.2) is 0 Å². The summed E-state index contributed by atoms with van der Waals surface area (Å²) in [5.41, 5.74) is 0.111. The van der Waals surface area contributed by atoms with Crippen molar-refractivity contribution in [1.29, 1.82) is 0 Å². The second-order valence-electron chi connectivity index (χ2n) is 4.36. The quantitative estimate of drug-likeness (QED) is 0.607. The van der Waals surface area contributed by atoms with Crippen molar-refractivity contribution in [3.05, 3.63) is 45.9 Å². The first kappa shape index (κ1) is 14.4. The monoisotopic (exact) mass is 291 g/mol. The number of carbonyl (C=O) groups is 1. The van der Waals surface area contributed by atoms with Crippen LogP contribution in [0.4, 0.5) is 11.5 Å². The van der Waals surface area contributed by atoms with E-state index < -0.39 is 22.1 Å². The van der Waals surface area contributed by atoms with Gasteiger partial charge >= 0.3 is 11.7 Å². The van der Waals surface area contributed by atoms with E-state index in [0.29, 0.717) is 13.1 Å². The molecule has 2 aromatic rings.